The molecule has 0 rings (SSSR count). The molecule has 0 amide bonds. The third-order valence-electron chi connectivity index (χ3n) is 13.6. The summed E-state index contributed by atoms with van der Waals surface area (Å²) in [4.78, 5) is 38.2. The molecular weight excluding hydrogens is 853 g/mol. The minimum absolute atomic E-state index is 0.0767. The molecule has 0 saturated carbocycles. The van der Waals surface area contributed by atoms with Crippen LogP contribution in [0.25, 0.3) is 0 Å². The summed E-state index contributed by atoms with van der Waals surface area (Å²) in [6.45, 7) is 6.65. The summed E-state index contributed by atoms with van der Waals surface area (Å²) < 4.78 is 16.9. The lowest BCUT2D eigenvalue weighted by molar-refractivity contribution is -0.167. The lowest BCUT2D eigenvalue weighted by atomic mass is 10.0. The van der Waals surface area contributed by atoms with Crippen LogP contribution >= 0.6 is 0 Å². The average molecular weight is 970 g/mol. The van der Waals surface area contributed by atoms with E-state index in [1.165, 1.54) is 199 Å². The molecule has 0 aliphatic rings. The molecule has 0 aliphatic heterocycles. The summed E-state index contributed by atoms with van der Waals surface area (Å²) in [5, 5.41) is 0. The number of carbonyl (C=O) groups excluding carboxylic acids is 3. The molecule has 0 aromatic carbocycles. The maximum absolute atomic E-state index is 12.9. The van der Waals surface area contributed by atoms with Crippen LogP contribution in [0.15, 0.2) is 36.5 Å². The first-order chi connectivity index (χ1) is 34.0. The molecule has 1 atom stereocenters. The van der Waals surface area contributed by atoms with E-state index in [9.17, 15) is 14.4 Å². The van der Waals surface area contributed by atoms with Crippen LogP contribution in [0.1, 0.15) is 329 Å². The van der Waals surface area contributed by atoms with E-state index in [1.807, 2.05) is 0 Å². The highest BCUT2D eigenvalue weighted by molar-refractivity contribution is 5.71. The highest BCUT2D eigenvalue weighted by Crippen LogP contribution is 2.17. The summed E-state index contributed by atoms with van der Waals surface area (Å²) in [7, 11) is 0. The van der Waals surface area contributed by atoms with E-state index in [2.05, 4.69) is 57.2 Å². The minimum atomic E-state index is -0.780. The van der Waals surface area contributed by atoms with E-state index in [-0.39, 0.29) is 31.1 Å². The van der Waals surface area contributed by atoms with Gasteiger partial charge in [0.15, 0.2) is 6.10 Å². The fourth-order valence-corrected chi connectivity index (χ4v) is 9.00. The summed E-state index contributed by atoms with van der Waals surface area (Å²) >= 11 is 0. The Balaban J connectivity index is 4.34. The number of hydrogen-bond donors (Lipinski definition) is 0. The van der Waals surface area contributed by atoms with Gasteiger partial charge in [-0.3, -0.25) is 14.4 Å². The molecule has 0 saturated heterocycles. The van der Waals surface area contributed by atoms with Crippen molar-refractivity contribution in [1.29, 1.82) is 0 Å². The number of ether oxygens (including phenoxy) is 3. The largest absolute Gasteiger partial charge is 0.462 e. The van der Waals surface area contributed by atoms with E-state index >= 15 is 0 Å². The number of hydrogen-bond acceptors (Lipinski definition) is 6. The molecular formula is C63H116O6. The molecule has 6 nitrogen and oxygen atoms in total. The Morgan fingerprint density at radius 1 is 0.290 bits per heavy atom. The van der Waals surface area contributed by atoms with Gasteiger partial charge < -0.3 is 14.2 Å². The number of esters is 3. The summed E-state index contributed by atoms with van der Waals surface area (Å²) in [5.41, 5.74) is 0. The highest BCUT2D eigenvalue weighted by Gasteiger charge is 2.19. The van der Waals surface area contributed by atoms with Gasteiger partial charge >= 0.3 is 17.9 Å². The Morgan fingerprint density at radius 2 is 0.522 bits per heavy atom. The fourth-order valence-electron chi connectivity index (χ4n) is 9.00. The lowest BCUT2D eigenvalue weighted by Crippen LogP contribution is -2.30. The molecule has 0 radical (unpaired) electrons. The van der Waals surface area contributed by atoms with Crippen LogP contribution in [0.4, 0.5) is 0 Å². The number of allylic oxidation sites excluding steroid dienone is 6. The fraction of sp³-hybridized carbons (Fsp3) is 0.857. The van der Waals surface area contributed by atoms with Crippen LogP contribution in [-0.4, -0.2) is 37.2 Å². The van der Waals surface area contributed by atoms with Gasteiger partial charge in [0.2, 0.25) is 0 Å². The summed E-state index contributed by atoms with van der Waals surface area (Å²) in [6, 6.07) is 0. The van der Waals surface area contributed by atoms with Gasteiger partial charge in [-0.2, -0.15) is 0 Å². The smallest absolute Gasteiger partial charge is 0.306 e. The normalized spacial score (nSPS) is 12.2. The standard InChI is InChI=1S/C63H116O6/c1-4-7-10-13-16-19-22-25-28-30-31-32-33-36-38-41-44-47-50-53-56-62(65)68-59-60(58-67-61(64)55-52-49-46-43-40-37-34-27-24-21-18-15-12-9-6-3)69-63(66)57-54-51-48-45-42-39-35-29-26-23-20-17-14-11-8-5-2/h20,23,27,29,34-35,60H,4-19,21-22,24-26,28,30-33,36-59H2,1-3H3/b23-20-,34-27-,35-29-. The van der Waals surface area contributed by atoms with Crippen LogP contribution in [0, 0.1) is 0 Å². The molecule has 0 bridgehead atoms. The van der Waals surface area contributed by atoms with Gasteiger partial charge in [0.05, 0.1) is 0 Å². The van der Waals surface area contributed by atoms with Gasteiger partial charge in [-0.1, -0.05) is 269 Å². The van der Waals surface area contributed by atoms with Gasteiger partial charge in [-0.25, -0.2) is 0 Å². The molecule has 0 heterocycles. The Hall–Kier alpha value is -2.37. The van der Waals surface area contributed by atoms with Crippen molar-refractivity contribution >= 4 is 17.9 Å². The molecule has 404 valence electrons. The topological polar surface area (TPSA) is 78.9 Å². The van der Waals surface area contributed by atoms with Crippen molar-refractivity contribution in [2.24, 2.45) is 0 Å². The maximum Gasteiger partial charge on any atom is 0.306 e. The van der Waals surface area contributed by atoms with Crippen molar-refractivity contribution in [3.8, 4) is 0 Å². The van der Waals surface area contributed by atoms with Gasteiger partial charge in [0.25, 0.3) is 0 Å². The minimum Gasteiger partial charge on any atom is -0.462 e. The zero-order valence-corrected chi connectivity index (χ0v) is 46.3. The molecule has 0 aromatic heterocycles. The van der Waals surface area contributed by atoms with Crippen LogP contribution in [0.3, 0.4) is 0 Å². The van der Waals surface area contributed by atoms with E-state index in [0.29, 0.717) is 19.3 Å². The third-order valence-corrected chi connectivity index (χ3v) is 13.6. The van der Waals surface area contributed by atoms with E-state index in [0.717, 1.165) is 89.9 Å². The quantitative estimate of drug-likeness (QED) is 0.0261. The maximum atomic E-state index is 12.9. The van der Waals surface area contributed by atoms with Gasteiger partial charge in [-0.05, 0) is 77.0 Å². The molecule has 6 heteroatoms. The van der Waals surface area contributed by atoms with Gasteiger partial charge in [0.1, 0.15) is 13.2 Å². The van der Waals surface area contributed by atoms with Crippen molar-refractivity contribution in [2.45, 2.75) is 335 Å². The van der Waals surface area contributed by atoms with Crippen LogP contribution in [0.5, 0.6) is 0 Å². The van der Waals surface area contributed by atoms with Crippen LogP contribution in [0.2, 0.25) is 0 Å². The second-order valence-electron chi connectivity index (χ2n) is 20.6. The Bertz CT molecular complexity index is 1160. The first kappa shape index (κ1) is 66.6. The van der Waals surface area contributed by atoms with Crippen LogP contribution < -0.4 is 0 Å². The number of carbonyl (C=O) groups is 3. The second kappa shape index (κ2) is 58.2. The lowest BCUT2D eigenvalue weighted by Gasteiger charge is -2.18. The SMILES string of the molecule is CCCCCC/C=C\C/C=C\CCCCCCCC(=O)OC(COC(=O)CCCCCCC/C=C\CCCCCCCC)COC(=O)CCCCCCCCCCCCCCCCCCCCCC. The monoisotopic (exact) mass is 969 g/mol. The van der Waals surface area contributed by atoms with Gasteiger partial charge in [0, 0.05) is 19.3 Å². The van der Waals surface area contributed by atoms with Crippen molar-refractivity contribution in [3.63, 3.8) is 0 Å². The first-order valence-corrected chi connectivity index (χ1v) is 30.5. The first-order valence-electron chi connectivity index (χ1n) is 30.5. The Kier molecular flexibility index (Phi) is 56.2. The summed E-state index contributed by atoms with van der Waals surface area (Å²) in [5.74, 6) is -0.879. The van der Waals surface area contributed by atoms with Gasteiger partial charge in [-0.15, -0.1) is 0 Å². The predicted octanol–water partition coefficient (Wildman–Crippen LogP) is 20.4. The highest BCUT2D eigenvalue weighted by atomic mass is 16.6. The molecule has 0 aromatic rings. The van der Waals surface area contributed by atoms with Crippen molar-refractivity contribution < 1.29 is 28.6 Å². The zero-order chi connectivity index (χ0) is 50.0. The number of rotatable bonds is 56. The molecule has 0 spiro atoms. The van der Waals surface area contributed by atoms with Crippen LogP contribution in [-0.2, 0) is 28.6 Å². The van der Waals surface area contributed by atoms with E-state index < -0.39 is 6.10 Å². The average Bonchev–Trinajstić information content (AvgIpc) is 3.35. The molecule has 0 aliphatic carbocycles. The molecule has 0 N–H and O–H groups in total. The Morgan fingerprint density at radius 3 is 0.826 bits per heavy atom. The zero-order valence-electron chi connectivity index (χ0n) is 46.3. The Labute approximate surface area is 429 Å². The molecule has 0 fully saturated rings. The third kappa shape index (κ3) is 56.4. The van der Waals surface area contributed by atoms with E-state index in [4.69, 9.17) is 14.2 Å². The van der Waals surface area contributed by atoms with Crippen molar-refractivity contribution in [3.05, 3.63) is 36.5 Å². The summed E-state index contributed by atoms with van der Waals surface area (Å²) in [6.07, 6.45) is 70.0. The van der Waals surface area contributed by atoms with Crippen molar-refractivity contribution in [2.75, 3.05) is 13.2 Å². The predicted molar refractivity (Wildman–Crippen MR) is 298 cm³/mol. The second-order valence-corrected chi connectivity index (χ2v) is 20.6. The van der Waals surface area contributed by atoms with Crippen molar-refractivity contribution in [1.82, 2.24) is 0 Å². The number of unbranched alkanes of at least 4 members (excludes halogenated alkanes) is 39. The molecule has 1 unspecified atom stereocenters. The van der Waals surface area contributed by atoms with E-state index in [1.54, 1.807) is 0 Å². The molecule has 69 heavy (non-hydrogen) atoms.